The standard InChI is InChI=1S/C15H25NO3/c1-3-4-9-19-12-14(17)11-16-10-13-7-5-6-8-15(13)18-2/h5-8,14,16-17H,3-4,9-12H2,1-2H3. The highest BCUT2D eigenvalue weighted by atomic mass is 16.5. The summed E-state index contributed by atoms with van der Waals surface area (Å²) in [4.78, 5) is 0. The van der Waals surface area contributed by atoms with Gasteiger partial charge >= 0.3 is 0 Å². The number of methoxy groups -OCH3 is 1. The van der Waals surface area contributed by atoms with Crippen LogP contribution in [0.15, 0.2) is 24.3 Å². The van der Waals surface area contributed by atoms with Gasteiger partial charge in [0, 0.05) is 25.3 Å². The maximum atomic E-state index is 9.73. The van der Waals surface area contributed by atoms with Gasteiger partial charge in [0.15, 0.2) is 0 Å². The first-order valence-electron chi connectivity index (χ1n) is 6.86. The molecule has 0 aliphatic carbocycles. The van der Waals surface area contributed by atoms with E-state index in [4.69, 9.17) is 9.47 Å². The van der Waals surface area contributed by atoms with Gasteiger partial charge in [-0.1, -0.05) is 31.5 Å². The molecule has 1 unspecified atom stereocenters. The third-order valence-corrected chi connectivity index (χ3v) is 2.84. The van der Waals surface area contributed by atoms with Crippen molar-refractivity contribution in [3.63, 3.8) is 0 Å². The molecule has 2 N–H and O–H groups in total. The molecular formula is C15H25NO3. The Hall–Kier alpha value is -1.10. The summed E-state index contributed by atoms with van der Waals surface area (Å²) in [6.45, 7) is 4.42. The molecule has 0 saturated heterocycles. The lowest BCUT2D eigenvalue weighted by Gasteiger charge is -2.13. The van der Waals surface area contributed by atoms with Crippen molar-refractivity contribution in [2.24, 2.45) is 0 Å². The normalized spacial score (nSPS) is 12.4. The zero-order valence-corrected chi connectivity index (χ0v) is 11.9. The molecule has 1 rings (SSSR count). The van der Waals surface area contributed by atoms with Crippen LogP contribution < -0.4 is 10.1 Å². The Balaban J connectivity index is 2.18. The maximum absolute atomic E-state index is 9.73. The van der Waals surface area contributed by atoms with Crippen LogP contribution in [0.3, 0.4) is 0 Å². The van der Waals surface area contributed by atoms with Crippen molar-refractivity contribution >= 4 is 0 Å². The van der Waals surface area contributed by atoms with Crippen molar-refractivity contribution in [2.75, 3.05) is 26.9 Å². The SMILES string of the molecule is CCCCOCC(O)CNCc1ccccc1OC. The van der Waals surface area contributed by atoms with Gasteiger partial charge in [-0.25, -0.2) is 0 Å². The van der Waals surface area contributed by atoms with E-state index in [9.17, 15) is 5.11 Å². The van der Waals surface area contributed by atoms with E-state index in [0.29, 0.717) is 19.7 Å². The van der Waals surface area contributed by atoms with E-state index in [-0.39, 0.29) is 0 Å². The highest BCUT2D eigenvalue weighted by Gasteiger charge is 2.05. The highest BCUT2D eigenvalue weighted by Crippen LogP contribution is 2.16. The molecule has 0 fully saturated rings. The summed E-state index contributed by atoms with van der Waals surface area (Å²) < 4.78 is 10.6. The zero-order valence-electron chi connectivity index (χ0n) is 11.9. The molecule has 0 amide bonds. The number of aliphatic hydroxyl groups is 1. The summed E-state index contributed by atoms with van der Waals surface area (Å²) in [5.74, 6) is 0.865. The Bertz CT molecular complexity index is 344. The summed E-state index contributed by atoms with van der Waals surface area (Å²) in [7, 11) is 1.66. The van der Waals surface area contributed by atoms with Crippen molar-refractivity contribution in [3.05, 3.63) is 29.8 Å². The molecule has 4 nitrogen and oxygen atoms in total. The van der Waals surface area contributed by atoms with Gasteiger partial charge in [0.05, 0.1) is 19.8 Å². The topological polar surface area (TPSA) is 50.7 Å². The third kappa shape index (κ3) is 6.57. The smallest absolute Gasteiger partial charge is 0.123 e. The van der Waals surface area contributed by atoms with Crippen LogP contribution >= 0.6 is 0 Å². The number of hydrogen-bond donors (Lipinski definition) is 2. The first-order chi connectivity index (χ1) is 9.27. The number of hydrogen-bond acceptors (Lipinski definition) is 4. The average Bonchev–Trinajstić information content (AvgIpc) is 2.44. The van der Waals surface area contributed by atoms with Crippen molar-refractivity contribution < 1.29 is 14.6 Å². The lowest BCUT2D eigenvalue weighted by atomic mass is 10.2. The predicted molar refractivity (Wildman–Crippen MR) is 76.4 cm³/mol. The molecule has 0 bridgehead atoms. The van der Waals surface area contributed by atoms with Crippen molar-refractivity contribution in [1.29, 1.82) is 0 Å². The molecule has 1 aromatic rings. The van der Waals surface area contributed by atoms with Crippen molar-refractivity contribution in [3.8, 4) is 5.75 Å². The second kappa shape index (κ2) is 9.78. The molecular weight excluding hydrogens is 242 g/mol. The van der Waals surface area contributed by atoms with Gasteiger partial charge in [-0.05, 0) is 12.5 Å². The highest BCUT2D eigenvalue weighted by molar-refractivity contribution is 5.32. The summed E-state index contributed by atoms with van der Waals surface area (Å²) in [6, 6.07) is 7.86. The van der Waals surface area contributed by atoms with Crippen molar-refractivity contribution in [2.45, 2.75) is 32.4 Å². The van der Waals surface area contributed by atoms with Crippen molar-refractivity contribution in [1.82, 2.24) is 5.32 Å². The van der Waals surface area contributed by atoms with Gasteiger partial charge in [0.2, 0.25) is 0 Å². The molecule has 19 heavy (non-hydrogen) atoms. The molecule has 0 aliphatic rings. The van der Waals surface area contributed by atoms with E-state index in [0.717, 1.165) is 30.8 Å². The fraction of sp³-hybridized carbons (Fsp3) is 0.600. The minimum absolute atomic E-state index is 0.388. The monoisotopic (exact) mass is 267 g/mol. The van der Waals surface area contributed by atoms with E-state index in [2.05, 4.69) is 12.2 Å². The van der Waals surface area contributed by atoms with E-state index in [1.54, 1.807) is 7.11 Å². The van der Waals surface area contributed by atoms with Crippen LogP contribution in [0.2, 0.25) is 0 Å². The Morgan fingerprint density at radius 1 is 1.32 bits per heavy atom. The molecule has 0 heterocycles. The first kappa shape index (κ1) is 16.0. The number of rotatable bonds is 10. The average molecular weight is 267 g/mol. The van der Waals surface area contributed by atoms with Crippen LogP contribution in [0, 0.1) is 0 Å². The molecule has 0 spiro atoms. The Kier molecular flexibility index (Phi) is 8.21. The lowest BCUT2D eigenvalue weighted by molar-refractivity contribution is 0.0358. The van der Waals surface area contributed by atoms with Crippen LogP contribution in [-0.2, 0) is 11.3 Å². The van der Waals surface area contributed by atoms with E-state index in [1.807, 2.05) is 24.3 Å². The summed E-state index contributed by atoms with van der Waals surface area (Å²) in [5, 5.41) is 12.9. The largest absolute Gasteiger partial charge is 0.496 e. The van der Waals surface area contributed by atoms with E-state index < -0.39 is 6.10 Å². The Morgan fingerprint density at radius 3 is 2.84 bits per heavy atom. The summed E-state index contributed by atoms with van der Waals surface area (Å²) in [5.41, 5.74) is 1.09. The van der Waals surface area contributed by atoms with Crippen LogP contribution in [-0.4, -0.2) is 38.1 Å². The van der Waals surface area contributed by atoms with Gasteiger partial charge < -0.3 is 19.9 Å². The number of para-hydroxylation sites is 1. The number of aliphatic hydroxyl groups excluding tert-OH is 1. The third-order valence-electron chi connectivity index (χ3n) is 2.84. The number of unbranched alkanes of at least 4 members (excludes halogenated alkanes) is 1. The Morgan fingerprint density at radius 2 is 2.11 bits per heavy atom. The number of benzene rings is 1. The van der Waals surface area contributed by atoms with E-state index >= 15 is 0 Å². The van der Waals surface area contributed by atoms with E-state index in [1.165, 1.54) is 0 Å². The maximum Gasteiger partial charge on any atom is 0.123 e. The van der Waals surface area contributed by atoms with Crippen LogP contribution in [0.25, 0.3) is 0 Å². The second-order valence-electron chi connectivity index (χ2n) is 4.53. The van der Waals surface area contributed by atoms with Crippen LogP contribution in [0.1, 0.15) is 25.3 Å². The molecule has 1 aromatic carbocycles. The summed E-state index contributed by atoms with van der Waals surface area (Å²) >= 11 is 0. The molecule has 0 radical (unpaired) electrons. The van der Waals surface area contributed by atoms with Gasteiger partial charge in [0.1, 0.15) is 5.75 Å². The fourth-order valence-electron chi connectivity index (χ4n) is 1.75. The zero-order chi connectivity index (χ0) is 13.9. The number of nitrogens with one attached hydrogen (secondary N) is 1. The quantitative estimate of drug-likeness (QED) is 0.636. The predicted octanol–water partition coefficient (Wildman–Crippen LogP) is 1.96. The molecule has 0 saturated carbocycles. The molecule has 1 atom stereocenters. The summed E-state index contributed by atoms with van der Waals surface area (Å²) in [6.07, 6.45) is 1.69. The fourth-order valence-corrected chi connectivity index (χ4v) is 1.75. The van der Waals surface area contributed by atoms with Crippen LogP contribution in [0.5, 0.6) is 5.75 Å². The van der Waals surface area contributed by atoms with Gasteiger partial charge in [0.25, 0.3) is 0 Å². The second-order valence-corrected chi connectivity index (χ2v) is 4.53. The first-order valence-corrected chi connectivity index (χ1v) is 6.86. The lowest BCUT2D eigenvalue weighted by Crippen LogP contribution is -2.30. The van der Waals surface area contributed by atoms with Crippen LogP contribution in [0.4, 0.5) is 0 Å². The molecule has 0 aromatic heterocycles. The Labute approximate surface area is 115 Å². The molecule has 108 valence electrons. The molecule has 4 heteroatoms. The minimum Gasteiger partial charge on any atom is -0.496 e. The minimum atomic E-state index is -0.466. The van der Waals surface area contributed by atoms with Gasteiger partial charge in [-0.3, -0.25) is 0 Å². The van der Waals surface area contributed by atoms with Gasteiger partial charge in [-0.2, -0.15) is 0 Å². The van der Waals surface area contributed by atoms with Gasteiger partial charge in [-0.15, -0.1) is 0 Å². The molecule has 0 aliphatic heterocycles. The number of ether oxygens (including phenoxy) is 2.